The van der Waals surface area contributed by atoms with Crippen LogP contribution < -0.4 is 16.3 Å². The van der Waals surface area contributed by atoms with E-state index in [-0.39, 0.29) is 5.69 Å². The van der Waals surface area contributed by atoms with Gasteiger partial charge in [-0.25, -0.2) is 9.78 Å². The van der Waals surface area contributed by atoms with Crippen molar-refractivity contribution < 1.29 is 0 Å². The van der Waals surface area contributed by atoms with Gasteiger partial charge in [0.1, 0.15) is 0 Å². The van der Waals surface area contributed by atoms with Gasteiger partial charge in [0.05, 0.1) is 0 Å². The summed E-state index contributed by atoms with van der Waals surface area (Å²) in [6.07, 6.45) is 2.98. The number of aromatic amines is 1. The highest BCUT2D eigenvalue weighted by Gasteiger charge is 1.90. The third-order valence-corrected chi connectivity index (χ3v) is 1.31. The molecule has 0 aliphatic carbocycles. The van der Waals surface area contributed by atoms with Crippen LogP contribution in [0.5, 0.6) is 0 Å². The molecule has 0 bridgehead atoms. The summed E-state index contributed by atoms with van der Waals surface area (Å²) < 4.78 is 0. The van der Waals surface area contributed by atoms with Crippen LogP contribution in [-0.2, 0) is 0 Å². The molecule has 3 N–H and O–H groups in total. The van der Waals surface area contributed by atoms with Crippen LogP contribution in [0.2, 0.25) is 0 Å². The Kier molecular flexibility index (Phi) is 4.04. The number of hydrogen-bond donors (Lipinski definition) is 3. The van der Waals surface area contributed by atoms with Gasteiger partial charge in [0.15, 0.2) is 0 Å². The van der Waals surface area contributed by atoms with Gasteiger partial charge in [-0.15, -0.1) is 0 Å². The molecule has 1 saturated heterocycles. The first-order valence-electron chi connectivity index (χ1n) is 3.81. The average Bonchev–Trinajstić information content (AvgIpc) is 2.62. The molecule has 0 unspecified atom stereocenters. The molecule has 66 valence electrons. The molecule has 5 nitrogen and oxygen atoms in total. The summed E-state index contributed by atoms with van der Waals surface area (Å²) in [6.45, 7) is 3.28. The van der Waals surface area contributed by atoms with Gasteiger partial charge in [-0.1, -0.05) is 0 Å². The Labute approximate surface area is 70.2 Å². The lowest BCUT2D eigenvalue weighted by atomic mass is 10.7. The zero-order valence-corrected chi connectivity index (χ0v) is 6.71. The molecular weight excluding hydrogens is 156 g/mol. The first-order chi connectivity index (χ1) is 5.89. The van der Waals surface area contributed by atoms with E-state index in [0.29, 0.717) is 0 Å². The Morgan fingerprint density at radius 1 is 1.33 bits per heavy atom. The summed E-state index contributed by atoms with van der Waals surface area (Å²) in [4.78, 5) is 15.8. The van der Waals surface area contributed by atoms with Gasteiger partial charge in [0, 0.05) is 32.2 Å². The maximum Gasteiger partial charge on any atom is 0.344 e. The summed E-state index contributed by atoms with van der Waals surface area (Å²) in [5.74, 6) is 0. The van der Waals surface area contributed by atoms with Crippen LogP contribution in [0.4, 0.5) is 0 Å². The van der Waals surface area contributed by atoms with Gasteiger partial charge in [-0.3, -0.25) is 0 Å². The predicted molar refractivity (Wildman–Crippen MR) is 45.7 cm³/mol. The Bertz CT molecular complexity index is 230. The van der Waals surface area contributed by atoms with Crippen molar-refractivity contribution in [3.63, 3.8) is 0 Å². The molecule has 0 aromatic carbocycles. The maximum absolute atomic E-state index is 10.1. The van der Waals surface area contributed by atoms with Crippen molar-refractivity contribution in [1.82, 2.24) is 20.6 Å². The highest BCUT2D eigenvalue weighted by Crippen LogP contribution is 1.62. The molecule has 1 aromatic rings. The molecular formula is C7H12N4O. The lowest BCUT2D eigenvalue weighted by Gasteiger charge is -1.77. The number of H-pyrrole nitrogens is 1. The Morgan fingerprint density at radius 2 is 2.08 bits per heavy atom. The Hall–Kier alpha value is -1.20. The maximum atomic E-state index is 10.1. The molecule has 2 heterocycles. The minimum Gasteiger partial charge on any atom is -0.313 e. The van der Waals surface area contributed by atoms with Crippen molar-refractivity contribution >= 4 is 0 Å². The van der Waals surface area contributed by atoms with Gasteiger partial charge < -0.3 is 15.6 Å². The molecule has 0 amide bonds. The summed E-state index contributed by atoms with van der Waals surface area (Å²) in [6, 6.07) is 1.65. The Morgan fingerprint density at radius 3 is 2.33 bits per heavy atom. The normalized spacial score (nSPS) is 15.0. The number of aromatic nitrogens is 2. The molecule has 0 spiro atoms. The minimum atomic E-state index is -0.303. The van der Waals surface area contributed by atoms with Crippen LogP contribution in [0.25, 0.3) is 0 Å². The summed E-state index contributed by atoms with van der Waals surface area (Å²) in [5, 5.41) is 6.22. The Balaban J connectivity index is 0.000000127. The van der Waals surface area contributed by atoms with E-state index in [1.165, 1.54) is 12.4 Å². The van der Waals surface area contributed by atoms with Gasteiger partial charge in [-0.05, 0) is 6.07 Å². The van der Waals surface area contributed by atoms with Gasteiger partial charge >= 0.3 is 5.69 Å². The standard InChI is InChI=1S/C4H4N2O.C3H8N2/c7-4-5-2-1-3-6-4;1-2-5-3-4-1/h1-3H,(H,5,6,7);4-5H,1-3H2. The number of hydrogen-bond acceptors (Lipinski definition) is 4. The van der Waals surface area contributed by atoms with Crippen molar-refractivity contribution in [3.8, 4) is 0 Å². The second kappa shape index (κ2) is 5.45. The lowest BCUT2D eigenvalue weighted by Crippen LogP contribution is -2.11. The van der Waals surface area contributed by atoms with E-state index in [4.69, 9.17) is 0 Å². The first-order valence-corrected chi connectivity index (χ1v) is 3.81. The molecule has 1 aromatic heterocycles. The zero-order valence-electron chi connectivity index (χ0n) is 6.71. The molecule has 0 saturated carbocycles. The SMILES string of the molecule is C1CNCN1.O=c1nccc[nH]1. The van der Waals surface area contributed by atoms with E-state index >= 15 is 0 Å². The molecule has 1 fully saturated rings. The molecule has 2 rings (SSSR count). The highest BCUT2D eigenvalue weighted by atomic mass is 16.1. The second-order valence-corrected chi connectivity index (χ2v) is 2.26. The highest BCUT2D eigenvalue weighted by molar-refractivity contribution is 4.75. The average molecular weight is 168 g/mol. The molecule has 1 aliphatic rings. The van der Waals surface area contributed by atoms with Crippen molar-refractivity contribution in [2.75, 3.05) is 19.8 Å². The fourth-order valence-electron chi connectivity index (χ4n) is 0.752. The van der Waals surface area contributed by atoms with Crippen LogP contribution >= 0.6 is 0 Å². The van der Waals surface area contributed by atoms with E-state index < -0.39 is 0 Å². The zero-order chi connectivity index (χ0) is 8.65. The van der Waals surface area contributed by atoms with Gasteiger partial charge in [0.2, 0.25) is 0 Å². The molecule has 12 heavy (non-hydrogen) atoms. The van der Waals surface area contributed by atoms with Crippen molar-refractivity contribution in [3.05, 3.63) is 28.9 Å². The van der Waals surface area contributed by atoms with E-state index in [1.54, 1.807) is 6.07 Å². The van der Waals surface area contributed by atoms with Crippen LogP contribution in [0.1, 0.15) is 0 Å². The van der Waals surface area contributed by atoms with E-state index in [2.05, 4.69) is 20.6 Å². The lowest BCUT2D eigenvalue weighted by molar-refractivity contribution is 0.807. The van der Waals surface area contributed by atoms with Crippen molar-refractivity contribution in [2.24, 2.45) is 0 Å². The minimum absolute atomic E-state index is 0.303. The first kappa shape index (κ1) is 8.89. The largest absolute Gasteiger partial charge is 0.344 e. The van der Waals surface area contributed by atoms with Crippen LogP contribution in [0.15, 0.2) is 23.3 Å². The fraction of sp³-hybridized carbons (Fsp3) is 0.429. The molecule has 1 aliphatic heterocycles. The van der Waals surface area contributed by atoms with Crippen molar-refractivity contribution in [1.29, 1.82) is 0 Å². The van der Waals surface area contributed by atoms with E-state index in [0.717, 1.165) is 19.8 Å². The smallest absolute Gasteiger partial charge is 0.313 e. The monoisotopic (exact) mass is 168 g/mol. The van der Waals surface area contributed by atoms with Gasteiger partial charge in [-0.2, -0.15) is 0 Å². The molecule has 0 radical (unpaired) electrons. The van der Waals surface area contributed by atoms with E-state index in [1.807, 2.05) is 0 Å². The van der Waals surface area contributed by atoms with Crippen LogP contribution in [0.3, 0.4) is 0 Å². The summed E-state index contributed by atoms with van der Waals surface area (Å²) >= 11 is 0. The quantitative estimate of drug-likeness (QED) is 0.460. The molecule has 5 heteroatoms. The second-order valence-electron chi connectivity index (χ2n) is 2.26. The number of nitrogens with zero attached hydrogens (tertiary/aromatic N) is 1. The fourth-order valence-corrected chi connectivity index (χ4v) is 0.752. The van der Waals surface area contributed by atoms with E-state index in [9.17, 15) is 4.79 Å². The summed E-state index contributed by atoms with van der Waals surface area (Å²) in [5.41, 5.74) is -0.303. The number of rotatable bonds is 0. The third-order valence-electron chi connectivity index (χ3n) is 1.31. The third kappa shape index (κ3) is 3.85. The number of nitrogens with one attached hydrogen (secondary N) is 3. The predicted octanol–water partition coefficient (Wildman–Crippen LogP) is -1.09. The molecule has 0 atom stereocenters. The topological polar surface area (TPSA) is 69.8 Å². The summed E-state index contributed by atoms with van der Waals surface area (Å²) in [7, 11) is 0. The van der Waals surface area contributed by atoms with Gasteiger partial charge in [0.25, 0.3) is 0 Å². The van der Waals surface area contributed by atoms with Crippen molar-refractivity contribution in [2.45, 2.75) is 0 Å². The van der Waals surface area contributed by atoms with Crippen LogP contribution in [-0.4, -0.2) is 29.7 Å². The van der Waals surface area contributed by atoms with Crippen LogP contribution in [0, 0.1) is 0 Å².